The van der Waals surface area contributed by atoms with E-state index in [1.807, 2.05) is 0 Å². The second-order valence-corrected chi connectivity index (χ2v) is 4.69. The highest BCUT2D eigenvalue weighted by molar-refractivity contribution is 7.80. The lowest BCUT2D eigenvalue weighted by atomic mass is 10.1. The number of thiocarbonyl (C=S) groups is 1. The molecular formula is C13H20N2S. The van der Waals surface area contributed by atoms with E-state index >= 15 is 0 Å². The Morgan fingerprint density at radius 3 is 2.31 bits per heavy atom. The van der Waals surface area contributed by atoms with Gasteiger partial charge < -0.3 is 10.6 Å². The van der Waals surface area contributed by atoms with Crippen LogP contribution in [0.3, 0.4) is 0 Å². The first-order valence-electron chi connectivity index (χ1n) is 5.67. The summed E-state index contributed by atoms with van der Waals surface area (Å²) < 4.78 is 0. The molecule has 0 radical (unpaired) electrons. The fraction of sp³-hybridized carbons (Fsp3) is 0.462. The first-order chi connectivity index (χ1) is 7.51. The Kier molecular flexibility index (Phi) is 4.74. The summed E-state index contributed by atoms with van der Waals surface area (Å²) in [5.74, 6) is 0. The monoisotopic (exact) mass is 236 g/mol. The minimum Gasteiger partial charge on any atom is -0.360 e. The SMILES string of the molecule is CC[C@H](C)NC(=S)Nc1cc(C)cc(C)c1. The number of hydrogen-bond acceptors (Lipinski definition) is 1. The molecule has 16 heavy (non-hydrogen) atoms. The molecule has 0 amide bonds. The lowest BCUT2D eigenvalue weighted by Crippen LogP contribution is -2.35. The van der Waals surface area contributed by atoms with Gasteiger partial charge in [-0.2, -0.15) is 0 Å². The van der Waals surface area contributed by atoms with Crippen LogP contribution in [0, 0.1) is 13.8 Å². The maximum atomic E-state index is 5.24. The van der Waals surface area contributed by atoms with Crippen LogP contribution in [-0.4, -0.2) is 11.2 Å². The topological polar surface area (TPSA) is 24.1 Å². The summed E-state index contributed by atoms with van der Waals surface area (Å²) in [4.78, 5) is 0. The van der Waals surface area contributed by atoms with Crippen molar-refractivity contribution in [1.29, 1.82) is 0 Å². The third-order valence-corrected chi connectivity index (χ3v) is 2.69. The molecule has 0 fully saturated rings. The maximum Gasteiger partial charge on any atom is 0.170 e. The standard InChI is InChI=1S/C13H20N2S/c1-5-11(4)14-13(16)15-12-7-9(2)6-10(3)8-12/h6-8,11H,5H2,1-4H3,(H2,14,15,16)/t11-/m0/s1. The molecule has 2 N–H and O–H groups in total. The normalized spacial score (nSPS) is 12.0. The van der Waals surface area contributed by atoms with Gasteiger partial charge in [0.15, 0.2) is 5.11 Å². The van der Waals surface area contributed by atoms with Crippen molar-refractivity contribution >= 4 is 23.0 Å². The zero-order chi connectivity index (χ0) is 12.1. The summed E-state index contributed by atoms with van der Waals surface area (Å²) >= 11 is 5.24. The molecule has 0 aliphatic rings. The quantitative estimate of drug-likeness (QED) is 0.787. The number of aryl methyl sites for hydroxylation is 2. The van der Waals surface area contributed by atoms with Crippen molar-refractivity contribution in [1.82, 2.24) is 5.32 Å². The van der Waals surface area contributed by atoms with Gasteiger partial charge in [-0.1, -0.05) is 13.0 Å². The lowest BCUT2D eigenvalue weighted by molar-refractivity contribution is 0.646. The Morgan fingerprint density at radius 1 is 1.25 bits per heavy atom. The van der Waals surface area contributed by atoms with Gasteiger partial charge >= 0.3 is 0 Å². The largest absolute Gasteiger partial charge is 0.360 e. The molecule has 3 heteroatoms. The van der Waals surface area contributed by atoms with Crippen LogP contribution < -0.4 is 10.6 Å². The predicted octanol–water partition coefficient (Wildman–Crippen LogP) is 3.39. The molecule has 0 aliphatic carbocycles. The zero-order valence-corrected chi connectivity index (χ0v) is 11.2. The minimum absolute atomic E-state index is 0.408. The number of anilines is 1. The van der Waals surface area contributed by atoms with Gasteiger partial charge in [0.2, 0.25) is 0 Å². The molecule has 0 aliphatic heterocycles. The van der Waals surface area contributed by atoms with Gasteiger partial charge in [-0.05, 0) is 62.7 Å². The minimum atomic E-state index is 0.408. The van der Waals surface area contributed by atoms with Crippen LogP contribution in [0.4, 0.5) is 5.69 Å². The fourth-order valence-corrected chi connectivity index (χ4v) is 1.86. The molecule has 1 rings (SSSR count). The van der Waals surface area contributed by atoms with Crippen molar-refractivity contribution in [3.8, 4) is 0 Å². The van der Waals surface area contributed by atoms with Crippen LogP contribution in [0.5, 0.6) is 0 Å². The van der Waals surface area contributed by atoms with Gasteiger partial charge in [0.05, 0.1) is 0 Å². The molecule has 0 saturated carbocycles. The van der Waals surface area contributed by atoms with E-state index in [0.717, 1.165) is 12.1 Å². The molecule has 0 spiro atoms. The average molecular weight is 236 g/mol. The molecule has 88 valence electrons. The highest BCUT2D eigenvalue weighted by atomic mass is 32.1. The van der Waals surface area contributed by atoms with Gasteiger partial charge in [0.25, 0.3) is 0 Å². The first kappa shape index (κ1) is 13.0. The van der Waals surface area contributed by atoms with Crippen LogP contribution in [0.1, 0.15) is 31.4 Å². The third-order valence-electron chi connectivity index (χ3n) is 2.47. The van der Waals surface area contributed by atoms with E-state index in [9.17, 15) is 0 Å². The third kappa shape index (κ3) is 4.19. The Labute approximate surface area is 103 Å². The molecule has 0 bridgehead atoms. The van der Waals surface area contributed by atoms with Crippen LogP contribution in [0.15, 0.2) is 18.2 Å². The van der Waals surface area contributed by atoms with Crippen molar-refractivity contribution in [3.05, 3.63) is 29.3 Å². The van der Waals surface area contributed by atoms with Gasteiger partial charge in [-0.15, -0.1) is 0 Å². The van der Waals surface area contributed by atoms with Crippen molar-refractivity contribution in [2.24, 2.45) is 0 Å². The van der Waals surface area contributed by atoms with Gasteiger partial charge in [-0.25, -0.2) is 0 Å². The van der Waals surface area contributed by atoms with E-state index in [1.54, 1.807) is 0 Å². The van der Waals surface area contributed by atoms with Gasteiger partial charge in [-0.3, -0.25) is 0 Å². The van der Waals surface area contributed by atoms with Crippen molar-refractivity contribution < 1.29 is 0 Å². The fourth-order valence-electron chi connectivity index (χ4n) is 1.54. The second-order valence-electron chi connectivity index (χ2n) is 4.28. The first-order valence-corrected chi connectivity index (χ1v) is 6.08. The number of hydrogen-bond donors (Lipinski definition) is 2. The molecule has 1 aromatic rings. The van der Waals surface area contributed by atoms with Crippen molar-refractivity contribution in [2.45, 2.75) is 40.2 Å². The number of benzene rings is 1. The van der Waals surface area contributed by atoms with Gasteiger partial charge in [0.1, 0.15) is 0 Å². The Balaban J connectivity index is 2.62. The Hall–Kier alpha value is -1.09. The number of rotatable bonds is 3. The molecular weight excluding hydrogens is 216 g/mol. The second kappa shape index (κ2) is 5.85. The summed E-state index contributed by atoms with van der Waals surface area (Å²) in [6.07, 6.45) is 1.06. The molecule has 2 nitrogen and oxygen atoms in total. The number of nitrogens with one attached hydrogen (secondary N) is 2. The summed E-state index contributed by atoms with van der Waals surface area (Å²) in [6.45, 7) is 8.43. The summed E-state index contributed by atoms with van der Waals surface area (Å²) in [6, 6.07) is 6.75. The Morgan fingerprint density at radius 2 is 1.81 bits per heavy atom. The summed E-state index contributed by atoms with van der Waals surface area (Å²) in [5.41, 5.74) is 3.54. The van der Waals surface area contributed by atoms with E-state index in [0.29, 0.717) is 11.2 Å². The van der Waals surface area contributed by atoms with E-state index in [2.05, 4.69) is 56.5 Å². The smallest absolute Gasteiger partial charge is 0.170 e. The molecule has 0 unspecified atom stereocenters. The van der Waals surface area contributed by atoms with E-state index in [4.69, 9.17) is 12.2 Å². The summed E-state index contributed by atoms with van der Waals surface area (Å²) in [5, 5.41) is 7.14. The van der Waals surface area contributed by atoms with Gasteiger partial charge in [0, 0.05) is 11.7 Å². The molecule has 1 aromatic carbocycles. The summed E-state index contributed by atoms with van der Waals surface area (Å²) in [7, 11) is 0. The molecule has 0 heterocycles. The predicted molar refractivity (Wildman–Crippen MR) is 75.0 cm³/mol. The van der Waals surface area contributed by atoms with Crippen LogP contribution in [0.2, 0.25) is 0 Å². The molecule has 0 aromatic heterocycles. The zero-order valence-electron chi connectivity index (χ0n) is 10.4. The average Bonchev–Trinajstić information content (AvgIpc) is 2.15. The van der Waals surface area contributed by atoms with E-state index in [1.165, 1.54) is 11.1 Å². The van der Waals surface area contributed by atoms with E-state index in [-0.39, 0.29) is 0 Å². The van der Waals surface area contributed by atoms with E-state index < -0.39 is 0 Å². The van der Waals surface area contributed by atoms with Crippen LogP contribution in [-0.2, 0) is 0 Å². The van der Waals surface area contributed by atoms with Crippen LogP contribution in [0.25, 0.3) is 0 Å². The maximum absolute atomic E-state index is 5.24. The highest BCUT2D eigenvalue weighted by Gasteiger charge is 2.02. The molecule has 0 saturated heterocycles. The van der Waals surface area contributed by atoms with Crippen LogP contribution >= 0.6 is 12.2 Å². The molecule has 1 atom stereocenters. The van der Waals surface area contributed by atoms with Crippen molar-refractivity contribution in [3.63, 3.8) is 0 Å². The Bertz CT molecular complexity index is 354. The van der Waals surface area contributed by atoms with Crippen molar-refractivity contribution in [2.75, 3.05) is 5.32 Å². The lowest BCUT2D eigenvalue weighted by Gasteiger charge is -2.15. The highest BCUT2D eigenvalue weighted by Crippen LogP contribution is 2.13.